The van der Waals surface area contributed by atoms with E-state index in [-0.39, 0.29) is 30.1 Å². The van der Waals surface area contributed by atoms with Gasteiger partial charge in [0.15, 0.2) is 0 Å². The van der Waals surface area contributed by atoms with Crippen molar-refractivity contribution < 1.29 is 9.59 Å². The maximum absolute atomic E-state index is 12.4. The highest BCUT2D eigenvalue weighted by Crippen LogP contribution is 2.30. The molecule has 0 atom stereocenters. The third kappa shape index (κ3) is 3.62. The molecule has 1 aliphatic rings. The van der Waals surface area contributed by atoms with E-state index in [1.165, 1.54) is 4.90 Å². The number of nitrogens with zero attached hydrogens (tertiary/aromatic N) is 3. The van der Waals surface area contributed by atoms with Gasteiger partial charge in [-0.1, -0.05) is 41.9 Å². The lowest BCUT2D eigenvalue weighted by Crippen LogP contribution is -2.30. The Labute approximate surface area is 178 Å². The number of nitrogens with two attached hydrogens (primary N) is 2. The number of benzene rings is 2. The fourth-order valence-electron chi connectivity index (χ4n) is 3.39. The minimum Gasteiger partial charge on any atom is -0.383 e. The van der Waals surface area contributed by atoms with Gasteiger partial charge < -0.3 is 11.5 Å². The zero-order valence-corrected chi connectivity index (χ0v) is 16.6. The molecule has 0 spiro atoms. The molecular formula is C22H18ClN5O2. The monoisotopic (exact) mass is 419 g/mol. The van der Waals surface area contributed by atoms with Crippen LogP contribution in [0.3, 0.4) is 0 Å². The van der Waals surface area contributed by atoms with Crippen molar-refractivity contribution in [2.24, 2.45) is 0 Å². The first-order valence-electron chi connectivity index (χ1n) is 9.26. The fourth-order valence-corrected chi connectivity index (χ4v) is 3.51. The SMILES string of the molecule is Nc1nc(N)c(-c2ccc(Cl)cc2)c(/C=C/CCN2C(=O)c3ccccc3C2=O)n1. The topological polar surface area (TPSA) is 115 Å². The number of amides is 2. The summed E-state index contributed by atoms with van der Waals surface area (Å²) in [4.78, 5) is 34.5. The average molecular weight is 420 g/mol. The van der Waals surface area contributed by atoms with E-state index in [9.17, 15) is 9.59 Å². The van der Waals surface area contributed by atoms with Crippen LogP contribution in [0, 0.1) is 0 Å². The number of carbonyl (C=O) groups excluding carboxylic acids is 2. The van der Waals surface area contributed by atoms with Crippen LogP contribution < -0.4 is 11.5 Å². The second-order valence-electron chi connectivity index (χ2n) is 6.73. The largest absolute Gasteiger partial charge is 0.383 e. The second-order valence-corrected chi connectivity index (χ2v) is 7.17. The zero-order chi connectivity index (χ0) is 21.3. The molecule has 0 bridgehead atoms. The van der Waals surface area contributed by atoms with Crippen molar-refractivity contribution in [2.75, 3.05) is 18.0 Å². The van der Waals surface area contributed by atoms with Crippen molar-refractivity contribution in [3.63, 3.8) is 0 Å². The van der Waals surface area contributed by atoms with Crippen LogP contribution in [-0.2, 0) is 0 Å². The molecule has 0 saturated carbocycles. The highest BCUT2D eigenvalue weighted by Gasteiger charge is 2.34. The first-order valence-corrected chi connectivity index (χ1v) is 9.64. The van der Waals surface area contributed by atoms with E-state index in [0.717, 1.165) is 5.56 Å². The summed E-state index contributed by atoms with van der Waals surface area (Å²) in [6.45, 7) is 0.259. The third-order valence-electron chi connectivity index (χ3n) is 4.79. The minimum absolute atomic E-state index is 0.0604. The summed E-state index contributed by atoms with van der Waals surface area (Å²) in [5.74, 6) is -0.238. The molecule has 30 heavy (non-hydrogen) atoms. The number of carbonyl (C=O) groups is 2. The van der Waals surface area contributed by atoms with Crippen molar-refractivity contribution in [3.05, 3.63) is 76.5 Å². The van der Waals surface area contributed by atoms with Gasteiger partial charge in [-0.2, -0.15) is 4.98 Å². The molecule has 0 aliphatic carbocycles. The molecule has 2 aromatic carbocycles. The Bertz CT molecular complexity index is 1140. The molecule has 0 unspecified atom stereocenters. The highest BCUT2D eigenvalue weighted by atomic mass is 35.5. The Hall–Kier alpha value is -3.71. The molecule has 4 N–H and O–H groups in total. The fraction of sp³-hybridized carbons (Fsp3) is 0.0909. The number of fused-ring (bicyclic) bond motifs is 1. The normalized spacial score (nSPS) is 13.3. The molecule has 8 heteroatoms. The molecule has 1 aliphatic heterocycles. The molecule has 7 nitrogen and oxygen atoms in total. The Kier molecular flexibility index (Phi) is 5.20. The number of halogens is 1. The Morgan fingerprint density at radius 2 is 1.57 bits per heavy atom. The third-order valence-corrected chi connectivity index (χ3v) is 5.04. The van der Waals surface area contributed by atoms with Gasteiger partial charge in [-0.25, -0.2) is 4.98 Å². The van der Waals surface area contributed by atoms with Crippen LogP contribution in [0.4, 0.5) is 11.8 Å². The van der Waals surface area contributed by atoms with Gasteiger partial charge in [0.05, 0.1) is 16.8 Å². The summed E-state index contributed by atoms with van der Waals surface area (Å²) < 4.78 is 0. The second kappa shape index (κ2) is 7.96. The molecule has 150 valence electrons. The lowest BCUT2D eigenvalue weighted by Gasteiger charge is -2.12. The number of rotatable bonds is 5. The molecule has 2 amide bonds. The molecule has 0 saturated heterocycles. The molecule has 2 heterocycles. The van der Waals surface area contributed by atoms with Gasteiger partial charge in [0.2, 0.25) is 5.95 Å². The van der Waals surface area contributed by atoms with Gasteiger partial charge in [-0.05, 0) is 42.3 Å². The smallest absolute Gasteiger partial charge is 0.261 e. The highest BCUT2D eigenvalue weighted by molar-refractivity contribution is 6.30. The van der Waals surface area contributed by atoms with E-state index in [2.05, 4.69) is 9.97 Å². The Balaban J connectivity index is 1.53. The summed E-state index contributed by atoms with van der Waals surface area (Å²) in [6.07, 6.45) is 4.04. The van der Waals surface area contributed by atoms with Crippen LogP contribution in [-0.4, -0.2) is 33.2 Å². The van der Waals surface area contributed by atoms with Gasteiger partial charge in [0.25, 0.3) is 11.8 Å². The molecule has 0 radical (unpaired) electrons. The number of anilines is 2. The van der Waals surface area contributed by atoms with E-state index in [4.69, 9.17) is 23.1 Å². The first-order chi connectivity index (χ1) is 14.5. The standard InChI is InChI=1S/C22H18ClN5O2/c23-14-10-8-13(9-11-14)18-17(26-22(25)27-19(18)24)7-3-4-12-28-20(29)15-5-1-2-6-16(15)21(28)30/h1-3,5-11H,4,12H2,(H4,24,25,26,27)/b7-3+. The lowest BCUT2D eigenvalue weighted by molar-refractivity contribution is 0.0657. The maximum atomic E-state index is 12.4. The lowest BCUT2D eigenvalue weighted by atomic mass is 10.0. The van der Waals surface area contributed by atoms with E-state index < -0.39 is 0 Å². The molecule has 0 fully saturated rings. The Morgan fingerprint density at radius 1 is 0.933 bits per heavy atom. The summed E-state index contributed by atoms with van der Waals surface area (Å²) >= 11 is 5.97. The van der Waals surface area contributed by atoms with Crippen LogP contribution in [0.1, 0.15) is 32.8 Å². The van der Waals surface area contributed by atoms with Crippen molar-refractivity contribution in [1.29, 1.82) is 0 Å². The number of hydrogen-bond acceptors (Lipinski definition) is 6. The molecular weight excluding hydrogens is 402 g/mol. The maximum Gasteiger partial charge on any atom is 0.261 e. The van der Waals surface area contributed by atoms with E-state index in [0.29, 0.717) is 33.8 Å². The van der Waals surface area contributed by atoms with Gasteiger partial charge in [-0.15, -0.1) is 0 Å². The molecule has 3 aromatic rings. The summed E-state index contributed by atoms with van der Waals surface area (Å²) in [7, 11) is 0. The van der Waals surface area contributed by atoms with Crippen molar-refractivity contribution in [3.8, 4) is 11.1 Å². The zero-order valence-electron chi connectivity index (χ0n) is 15.9. The van der Waals surface area contributed by atoms with Crippen molar-refractivity contribution in [2.45, 2.75) is 6.42 Å². The predicted molar refractivity (Wildman–Crippen MR) is 117 cm³/mol. The quantitative estimate of drug-likeness (QED) is 0.610. The van der Waals surface area contributed by atoms with Crippen LogP contribution in [0.15, 0.2) is 54.6 Å². The summed E-state index contributed by atoms with van der Waals surface area (Å²) in [5, 5.41) is 0.603. The van der Waals surface area contributed by atoms with Crippen molar-refractivity contribution >= 4 is 41.3 Å². The van der Waals surface area contributed by atoms with Crippen LogP contribution in [0.25, 0.3) is 17.2 Å². The van der Waals surface area contributed by atoms with Crippen LogP contribution >= 0.6 is 11.6 Å². The van der Waals surface area contributed by atoms with Crippen LogP contribution in [0.5, 0.6) is 0 Å². The van der Waals surface area contributed by atoms with E-state index in [1.807, 2.05) is 18.2 Å². The van der Waals surface area contributed by atoms with E-state index >= 15 is 0 Å². The van der Waals surface area contributed by atoms with Gasteiger partial charge in [-0.3, -0.25) is 14.5 Å². The predicted octanol–water partition coefficient (Wildman–Crippen LogP) is 3.66. The van der Waals surface area contributed by atoms with Gasteiger partial charge in [0, 0.05) is 17.1 Å². The van der Waals surface area contributed by atoms with Gasteiger partial charge in [0.1, 0.15) is 5.82 Å². The molecule has 4 rings (SSSR count). The minimum atomic E-state index is -0.277. The van der Waals surface area contributed by atoms with E-state index in [1.54, 1.807) is 42.5 Å². The van der Waals surface area contributed by atoms with Crippen LogP contribution in [0.2, 0.25) is 5.02 Å². The first kappa shape index (κ1) is 19.6. The van der Waals surface area contributed by atoms with Gasteiger partial charge >= 0.3 is 0 Å². The number of imide groups is 1. The average Bonchev–Trinajstić information content (AvgIpc) is 2.97. The summed E-state index contributed by atoms with van der Waals surface area (Å²) in [6, 6.07) is 14.0. The van der Waals surface area contributed by atoms with Crippen molar-refractivity contribution in [1.82, 2.24) is 14.9 Å². The number of aromatic nitrogens is 2. The Morgan fingerprint density at radius 3 is 2.20 bits per heavy atom. The number of hydrogen-bond donors (Lipinski definition) is 2. The summed E-state index contributed by atoms with van der Waals surface area (Å²) in [5.41, 5.74) is 14.7. The molecule has 1 aromatic heterocycles. The number of nitrogen functional groups attached to an aromatic ring is 2.